The third-order valence-electron chi connectivity index (χ3n) is 14.3. The third-order valence-corrected chi connectivity index (χ3v) is 15.3. The van der Waals surface area contributed by atoms with Gasteiger partial charge in [-0.05, 0) is 83.5 Å². The van der Waals surface area contributed by atoms with Crippen molar-refractivity contribution in [3.8, 4) is 0 Å². The molecule has 1 amide bonds. The molecule has 8 nitrogen and oxygen atoms in total. The van der Waals surface area contributed by atoms with E-state index in [2.05, 4.69) is 129 Å². The molecule has 9 heteroatoms. The van der Waals surface area contributed by atoms with Crippen molar-refractivity contribution >= 4 is 13.7 Å². The van der Waals surface area contributed by atoms with Crippen LogP contribution in [0.25, 0.3) is 0 Å². The van der Waals surface area contributed by atoms with Crippen LogP contribution in [0.4, 0.5) is 0 Å². The highest BCUT2D eigenvalue weighted by Crippen LogP contribution is 2.43. The first-order chi connectivity index (χ1) is 38.5. The van der Waals surface area contributed by atoms with Crippen LogP contribution in [-0.2, 0) is 18.4 Å². The first kappa shape index (κ1) is 76.2. The molecular formula is C70H126N2O6P+. The Labute approximate surface area is 489 Å². The minimum Gasteiger partial charge on any atom is -0.391 e. The van der Waals surface area contributed by atoms with Gasteiger partial charge in [0, 0.05) is 6.42 Å². The molecule has 3 N–H and O–H groups in total. The highest BCUT2D eigenvalue weighted by molar-refractivity contribution is 7.47. The number of unbranched alkanes of at least 4 members (excludes halogenated alkanes) is 28. The molecule has 0 radical (unpaired) electrons. The Bertz CT molecular complexity index is 1650. The van der Waals surface area contributed by atoms with E-state index in [4.69, 9.17) is 9.05 Å². The average molecular weight is 1120 g/mol. The van der Waals surface area contributed by atoms with Gasteiger partial charge in [0.15, 0.2) is 0 Å². The number of phosphoric acid groups is 1. The van der Waals surface area contributed by atoms with Crippen molar-refractivity contribution in [3.05, 3.63) is 109 Å². The SMILES string of the molecule is CC/C=C\C/C=C\C/C=C\C/C=C\C/C=C\C/C=C\C/C=C\C/C=C\C/C=C\CCCCCCCC(=O)NC(COP(=O)(O)OCC[N+](C)(C)C)C(O)CCCCCCCCCCCCCCCCCCCCCCCCCC. The van der Waals surface area contributed by atoms with Crippen LogP contribution >= 0.6 is 7.82 Å². The molecule has 3 atom stereocenters. The van der Waals surface area contributed by atoms with E-state index in [-0.39, 0.29) is 19.1 Å². The molecule has 0 heterocycles. The average Bonchev–Trinajstić information content (AvgIpc) is 3.42. The van der Waals surface area contributed by atoms with Gasteiger partial charge in [0.1, 0.15) is 13.2 Å². The van der Waals surface area contributed by atoms with Gasteiger partial charge in [-0.15, -0.1) is 0 Å². The van der Waals surface area contributed by atoms with Crippen LogP contribution in [0, 0.1) is 0 Å². The van der Waals surface area contributed by atoms with E-state index in [0.717, 1.165) is 116 Å². The Balaban J connectivity index is 4.19. The molecule has 0 fully saturated rings. The Morgan fingerprint density at radius 2 is 0.759 bits per heavy atom. The minimum absolute atomic E-state index is 0.0652. The van der Waals surface area contributed by atoms with Gasteiger partial charge in [-0.2, -0.15) is 0 Å². The number of aliphatic hydroxyl groups is 1. The minimum atomic E-state index is -4.34. The smallest absolute Gasteiger partial charge is 0.391 e. The normalized spacial score (nSPS) is 14.5. The van der Waals surface area contributed by atoms with Crippen LogP contribution in [0.5, 0.6) is 0 Å². The van der Waals surface area contributed by atoms with Gasteiger partial charge < -0.3 is 19.8 Å². The fourth-order valence-corrected chi connectivity index (χ4v) is 9.95. The highest BCUT2D eigenvalue weighted by atomic mass is 31.2. The maximum absolute atomic E-state index is 13.0. The molecule has 0 bridgehead atoms. The van der Waals surface area contributed by atoms with Crippen LogP contribution in [0.1, 0.15) is 277 Å². The van der Waals surface area contributed by atoms with E-state index < -0.39 is 20.0 Å². The van der Waals surface area contributed by atoms with E-state index in [1.807, 2.05) is 21.1 Å². The number of amides is 1. The molecular weight excluding hydrogens is 996 g/mol. The predicted octanol–water partition coefficient (Wildman–Crippen LogP) is 20.7. The Morgan fingerprint density at radius 3 is 1.11 bits per heavy atom. The zero-order valence-corrected chi connectivity index (χ0v) is 53.0. The van der Waals surface area contributed by atoms with Crippen molar-refractivity contribution in [2.75, 3.05) is 40.9 Å². The summed E-state index contributed by atoms with van der Waals surface area (Å²) in [6.07, 6.45) is 87.3. The first-order valence-corrected chi connectivity index (χ1v) is 34.2. The number of allylic oxidation sites excluding steroid dienone is 18. The second kappa shape index (κ2) is 59.8. The number of carbonyl (C=O) groups is 1. The second-order valence-electron chi connectivity index (χ2n) is 23.1. The zero-order valence-electron chi connectivity index (χ0n) is 52.1. The molecule has 0 saturated carbocycles. The van der Waals surface area contributed by atoms with E-state index in [0.29, 0.717) is 23.9 Å². The number of rotatable bonds is 59. The summed E-state index contributed by atoms with van der Waals surface area (Å²) in [6.45, 7) is 4.78. The van der Waals surface area contributed by atoms with Gasteiger partial charge in [0.25, 0.3) is 0 Å². The third kappa shape index (κ3) is 62.6. The lowest BCUT2D eigenvalue weighted by Crippen LogP contribution is -2.46. The summed E-state index contributed by atoms with van der Waals surface area (Å²) in [7, 11) is 1.59. The van der Waals surface area contributed by atoms with Gasteiger partial charge in [-0.1, -0.05) is 297 Å². The monoisotopic (exact) mass is 1120 g/mol. The Kier molecular flexibility index (Phi) is 57.6. The molecule has 0 aromatic carbocycles. The van der Waals surface area contributed by atoms with Gasteiger partial charge in [0.2, 0.25) is 5.91 Å². The number of hydrogen-bond acceptors (Lipinski definition) is 5. The molecule has 456 valence electrons. The van der Waals surface area contributed by atoms with Gasteiger partial charge in [-0.25, -0.2) is 4.57 Å². The molecule has 79 heavy (non-hydrogen) atoms. The van der Waals surface area contributed by atoms with Crippen molar-refractivity contribution < 1.29 is 32.9 Å². The molecule has 3 unspecified atom stereocenters. The highest BCUT2D eigenvalue weighted by Gasteiger charge is 2.28. The van der Waals surface area contributed by atoms with Crippen molar-refractivity contribution in [1.29, 1.82) is 0 Å². The fourth-order valence-electron chi connectivity index (χ4n) is 9.22. The lowest BCUT2D eigenvalue weighted by molar-refractivity contribution is -0.870. The van der Waals surface area contributed by atoms with Crippen molar-refractivity contribution in [2.24, 2.45) is 0 Å². The predicted molar refractivity (Wildman–Crippen MR) is 345 cm³/mol. The van der Waals surface area contributed by atoms with Crippen LogP contribution in [0.2, 0.25) is 0 Å². The van der Waals surface area contributed by atoms with E-state index in [1.165, 1.54) is 135 Å². The number of nitrogens with zero attached hydrogens (tertiary/aromatic N) is 1. The molecule has 0 aliphatic rings. The van der Waals surface area contributed by atoms with Crippen molar-refractivity contribution in [2.45, 2.75) is 289 Å². The summed E-state index contributed by atoms with van der Waals surface area (Å²) < 4.78 is 23.8. The summed E-state index contributed by atoms with van der Waals surface area (Å²) in [5, 5.41) is 14.1. The molecule has 0 aliphatic carbocycles. The number of nitrogens with one attached hydrogen (secondary N) is 1. The van der Waals surface area contributed by atoms with Crippen LogP contribution < -0.4 is 5.32 Å². The van der Waals surface area contributed by atoms with Gasteiger partial charge in [-0.3, -0.25) is 13.8 Å². The van der Waals surface area contributed by atoms with Crippen LogP contribution in [0.3, 0.4) is 0 Å². The number of quaternary nitrogens is 1. The van der Waals surface area contributed by atoms with Crippen molar-refractivity contribution in [1.82, 2.24) is 5.32 Å². The molecule has 0 aromatic rings. The molecule has 0 aliphatic heterocycles. The first-order valence-electron chi connectivity index (χ1n) is 32.8. The maximum Gasteiger partial charge on any atom is 0.472 e. The number of hydrogen-bond donors (Lipinski definition) is 3. The maximum atomic E-state index is 13.0. The van der Waals surface area contributed by atoms with E-state index in [9.17, 15) is 19.4 Å². The summed E-state index contributed by atoms with van der Waals surface area (Å²) in [5.41, 5.74) is 0. The van der Waals surface area contributed by atoms with Gasteiger partial charge >= 0.3 is 7.82 Å². The zero-order chi connectivity index (χ0) is 57.7. The number of carbonyl (C=O) groups excluding carboxylic acids is 1. The Hall–Kier alpha value is -2.84. The summed E-state index contributed by atoms with van der Waals surface area (Å²) >= 11 is 0. The lowest BCUT2D eigenvalue weighted by atomic mass is 10.0. The standard InChI is InChI=1S/C70H125N2O6P/c1-6-8-10-12-14-16-18-20-22-24-26-28-30-32-33-34-35-36-37-38-39-40-42-44-46-48-50-52-54-56-58-60-62-64-70(74)71-68(67-78-79(75,76)77-66-65-72(3,4)5)69(73)63-61-59-57-55-53-51-49-47-45-43-41-31-29-27-25-23-21-19-17-15-13-11-9-7-2/h8,10,14,16,20,22,26,28,32-33,35-36,38-39,42,44,48,50,68-69,73H,6-7,9,11-13,15,17-19,21,23-25,27,29-31,34,37,40-41,43,45-47,49,51-67H2,1-5H3,(H-,71,74,75,76)/p+1/b10-8-,16-14-,22-20-,28-26-,33-32-,36-35-,39-38-,44-42-,50-48-. The van der Waals surface area contributed by atoms with E-state index in [1.54, 1.807) is 0 Å². The van der Waals surface area contributed by atoms with Crippen LogP contribution in [0.15, 0.2) is 109 Å². The van der Waals surface area contributed by atoms with Gasteiger partial charge in [0.05, 0.1) is 39.9 Å². The topological polar surface area (TPSA) is 105 Å². The molecule has 0 rings (SSSR count). The van der Waals surface area contributed by atoms with Crippen LogP contribution in [-0.4, -0.2) is 73.4 Å². The quantitative estimate of drug-likeness (QED) is 0.0243. The summed E-state index contributed by atoms with van der Waals surface area (Å²) in [5.74, 6) is -0.165. The Morgan fingerprint density at radius 1 is 0.443 bits per heavy atom. The number of aliphatic hydroxyl groups excluding tert-OH is 1. The molecule has 0 saturated heterocycles. The second-order valence-corrected chi connectivity index (χ2v) is 24.6. The number of likely N-dealkylation sites (N-methyl/N-ethyl adjacent to an activating group) is 1. The lowest BCUT2D eigenvalue weighted by Gasteiger charge is -2.26. The largest absolute Gasteiger partial charge is 0.472 e. The molecule has 0 aromatic heterocycles. The summed E-state index contributed by atoms with van der Waals surface area (Å²) in [4.78, 5) is 23.4. The molecule has 0 spiro atoms. The fraction of sp³-hybridized carbons (Fsp3) is 0.729. The number of phosphoric ester groups is 1. The summed E-state index contributed by atoms with van der Waals surface area (Å²) in [6, 6.07) is -0.781. The van der Waals surface area contributed by atoms with E-state index >= 15 is 0 Å². The van der Waals surface area contributed by atoms with Crippen molar-refractivity contribution in [3.63, 3.8) is 0 Å².